The summed E-state index contributed by atoms with van der Waals surface area (Å²) in [7, 11) is 0. The molecule has 4 N–H and O–H groups in total. The monoisotopic (exact) mass is 742 g/mol. The van der Waals surface area contributed by atoms with Gasteiger partial charge in [0.1, 0.15) is 13.2 Å². The van der Waals surface area contributed by atoms with Crippen molar-refractivity contribution in [2.24, 2.45) is 11.7 Å². The molecule has 0 radical (unpaired) electrons. The number of hydrazine groups is 2. The number of ether oxygens (including phenoxy) is 3. The Morgan fingerprint density at radius 2 is 0.686 bits per heavy atom. The molecule has 0 aromatic rings. The van der Waals surface area contributed by atoms with Crippen molar-refractivity contribution in [3.05, 3.63) is 0 Å². The van der Waals surface area contributed by atoms with Crippen molar-refractivity contribution < 1.29 is 72.5 Å². The molecule has 0 unspecified atom stereocenters. The van der Waals surface area contributed by atoms with Crippen molar-refractivity contribution in [2.45, 2.75) is 157 Å². The molecule has 19 nitrogen and oxygen atoms in total. The van der Waals surface area contributed by atoms with Gasteiger partial charge >= 0.3 is 12.2 Å². The smallest absolute Gasteiger partial charge is 0.431 e. The highest BCUT2D eigenvalue weighted by atomic mass is 17.3. The van der Waals surface area contributed by atoms with Crippen LogP contribution in [0.5, 0.6) is 0 Å². The van der Waals surface area contributed by atoms with Gasteiger partial charge in [0.2, 0.25) is 23.4 Å². The van der Waals surface area contributed by atoms with Gasteiger partial charge in [0.25, 0.3) is 0 Å². The summed E-state index contributed by atoms with van der Waals surface area (Å²) in [4.78, 5) is 92.7. The number of amides is 4. The summed E-state index contributed by atoms with van der Waals surface area (Å²) in [5.41, 5.74) is -2.75. The van der Waals surface area contributed by atoms with E-state index in [1.165, 1.54) is 13.8 Å². The van der Waals surface area contributed by atoms with Crippen LogP contribution in [0.1, 0.15) is 123 Å². The summed E-state index contributed by atoms with van der Waals surface area (Å²) in [5, 5.41) is 0.612. The summed E-state index contributed by atoms with van der Waals surface area (Å²) in [5.74, 6) is 6.65. The van der Waals surface area contributed by atoms with E-state index >= 15 is 0 Å². The lowest BCUT2D eigenvalue weighted by Gasteiger charge is -2.32. The minimum Gasteiger partial charge on any atom is -0.446 e. The first-order valence-corrected chi connectivity index (χ1v) is 16.5. The number of nitrogens with zero attached hydrogens (tertiary/aromatic N) is 2. The third-order valence-electron chi connectivity index (χ3n) is 5.29. The van der Waals surface area contributed by atoms with Gasteiger partial charge in [-0.1, -0.05) is 0 Å². The minimum absolute atomic E-state index is 0.0896. The average Bonchev–Trinajstić information content (AvgIpc) is 2.99. The van der Waals surface area contributed by atoms with Crippen LogP contribution < -0.4 is 11.7 Å². The Morgan fingerprint density at radius 3 is 0.922 bits per heavy atom. The van der Waals surface area contributed by atoms with Crippen LogP contribution in [-0.4, -0.2) is 94.4 Å². The number of carbonyl (C=O) groups is 4. The summed E-state index contributed by atoms with van der Waals surface area (Å²) >= 11 is 0. The van der Waals surface area contributed by atoms with Crippen molar-refractivity contribution >= 4 is 24.0 Å². The Labute approximate surface area is 301 Å². The van der Waals surface area contributed by atoms with Gasteiger partial charge in [0.05, 0.1) is 35.6 Å². The second kappa shape index (κ2) is 20.6. The van der Waals surface area contributed by atoms with Gasteiger partial charge in [-0.25, -0.2) is 40.8 Å². The van der Waals surface area contributed by atoms with Crippen molar-refractivity contribution in [2.75, 3.05) is 26.4 Å². The molecular formula is C32H62N4O15. The Balaban J connectivity index is 4.64. The zero-order valence-corrected chi connectivity index (χ0v) is 32.8. The topological polar surface area (TPSA) is 228 Å². The summed E-state index contributed by atoms with van der Waals surface area (Å²) < 4.78 is 15.2. The lowest BCUT2D eigenvalue weighted by molar-refractivity contribution is -0.537. The quantitative estimate of drug-likeness (QED) is 0.0431. The Bertz CT molecular complexity index is 974. The molecule has 0 rings (SSSR count). The highest BCUT2D eigenvalue weighted by Crippen LogP contribution is 2.27. The molecule has 0 aliphatic carbocycles. The van der Waals surface area contributed by atoms with Gasteiger partial charge in [-0.15, -0.1) is 0 Å². The largest absolute Gasteiger partial charge is 0.446 e. The molecule has 0 spiro atoms. The van der Waals surface area contributed by atoms with Crippen LogP contribution in [0.25, 0.3) is 0 Å². The second-order valence-corrected chi connectivity index (χ2v) is 15.8. The van der Waals surface area contributed by atoms with Gasteiger partial charge in [0.15, 0.2) is 0 Å². The number of hydrogen-bond acceptors (Lipinski definition) is 17. The van der Waals surface area contributed by atoms with Crippen LogP contribution >= 0.6 is 0 Å². The normalized spacial score (nSPS) is 13.2. The standard InChI is InChI=1S/C32H62N4O15/c1-27(2,3)44-48-31(13,49-45-28(4,5)6)17-15-23(37)35(33)25(39)42-21-19-41-20-22-43-26(40)36(34)24(38)16-18-32(14,50-46-29(7,8)9)51-47-30(10,11)12/h15-22,33-34H2,1-14H3. The zero-order chi connectivity index (χ0) is 39.9. The molecule has 0 fully saturated rings. The van der Waals surface area contributed by atoms with Crippen LogP contribution in [0, 0.1) is 0 Å². The first-order chi connectivity index (χ1) is 23.0. The van der Waals surface area contributed by atoms with E-state index in [9.17, 15) is 19.2 Å². The van der Waals surface area contributed by atoms with Crippen LogP contribution in [0.2, 0.25) is 0 Å². The maximum atomic E-state index is 12.6. The van der Waals surface area contributed by atoms with Gasteiger partial charge in [-0.05, 0) is 96.9 Å². The molecule has 0 bridgehead atoms. The van der Waals surface area contributed by atoms with Crippen molar-refractivity contribution in [3.8, 4) is 0 Å². The average molecular weight is 743 g/mol. The summed E-state index contributed by atoms with van der Waals surface area (Å²) in [6.45, 7) is 23.3. The molecule has 0 aliphatic heterocycles. The number of carbonyl (C=O) groups excluding carboxylic acids is 4. The molecule has 0 atom stereocenters. The minimum atomic E-state index is -1.51. The van der Waals surface area contributed by atoms with Crippen LogP contribution in [-0.2, 0) is 62.9 Å². The van der Waals surface area contributed by atoms with Gasteiger partial charge in [-0.2, -0.15) is 29.6 Å². The van der Waals surface area contributed by atoms with E-state index < -0.39 is 58.0 Å². The Kier molecular flexibility index (Phi) is 19.6. The Hall–Kier alpha value is -2.56. The van der Waals surface area contributed by atoms with E-state index in [-0.39, 0.29) is 52.1 Å². The summed E-state index contributed by atoms with van der Waals surface area (Å²) in [6.07, 6.45) is -3.02. The fourth-order valence-corrected chi connectivity index (χ4v) is 2.78. The highest BCUT2D eigenvalue weighted by molar-refractivity contribution is 5.91. The molecule has 0 aromatic heterocycles. The van der Waals surface area contributed by atoms with Crippen LogP contribution in [0.3, 0.4) is 0 Å². The molecule has 0 aromatic carbocycles. The van der Waals surface area contributed by atoms with Crippen LogP contribution in [0.4, 0.5) is 9.59 Å². The fraction of sp³-hybridized carbons (Fsp3) is 0.875. The molecule has 19 heteroatoms. The summed E-state index contributed by atoms with van der Waals surface area (Å²) in [6, 6.07) is 0. The number of imide groups is 2. The van der Waals surface area contributed by atoms with Gasteiger partial charge < -0.3 is 14.2 Å². The number of hydrogen-bond donors (Lipinski definition) is 2. The highest BCUT2D eigenvalue weighted by Gasteiger charge is 2.37. The zero-order valence-electron chi connectivity index (χ0n) is 32.8. The van der Waals surface area contributed by atoms with E-state index in [4.69, 9.17) is 65.0 Å². The third kappa shape index (κ3) is 24.3. The van der Waals surface area contributed by atoms with E-state index in [1.807, 2.05) is 0 Å². The number of rotatable bonds is 20. The Morgan fingerprint density at radius 1 is 0.431 bits per heavy atom. The maximum Gasteiger partial charge on any atom is 0.431 e. The van der Waals surface area contributed by atoms with E-state index in [0.717, 1.165) is 0 Å². The number of nitrogens with two attached hydrogens (primary N) is 2. The molecular weight excluding hydrogens is 680 g/mol. The van der Waals surface area contributed by atoms with Crippen LogP contribution in [0.15, 0.2) is 0 Å². The van der Waals surface area contributed by atoms with E-state index in [1.54, 1.807) is 83.1 Å². The van der Waals surface area contributed by atoms with Crippen molar-refractivity contribution in [3.63, 3.8) is 0 Å². The first-order valence-electron chi connectivity index (χ1n) is 16.5. The molecule has 0 saturated carbocycles. The van der Waals surface area contributed by atoms with Gasteiger partial charge in [0, 0.05) is 25.7 Å². The first kappa shape index (κ1) is 48.4. The predicted molar refractivity (Wildman–Crippen MR) is 179 cm³/mol. The third-order valence-corrected chi connectivity index (χ3v) is 5.29. The molecule has 0 heterocycles. The molecule has 4 amide bonds. The molecule has 0 saturated heterocycles. The van der Waals surface area contributed by atoms with Gasteiger partial charge in [-0.3, -0.25) is 9.59 Å². The molecule has 51 heavy (non-hydrogen) atoms. The second-order valence-electron chi connectivity index (χ2n) is 15.8. The molecule has 300 valence electrons. The van der Waals surface area contributed by atoms with E-state index in [2.05, 4.69) is 0 Å². The predicted octanol–water partition coefficient (Wildman–Crippen LogP) is 4.66. The SMILES string of the molecule is CC(C)(C)OOC(C)(CCC(=O)N(N)C(=O)OCCOCCOC(=O)N(N)C(=O)CCC(C)(OOC(C)(C)C)OOC(C)(C)C)OOC(C)(C)C. The van der Waals surface area contributed by atoms with E-state index in [0.29, 0.717) is 10.0 Å². The maximum absolute atomic E-state index is 12.6. The lowest BCUT2D eigenvalue weighted by atomic mass is 10.1. The lowest BCUT2D eigenvalue weighted by Crippen LogP contribution is -2.45. The fourth-order valence-electron chi connectivity index (χ4n) is 2.78. The van der Waals surface area contributed by atoms with Crippen molar-refractivity contribution in [1.29, 1.82) is 0 Å². The van der Waals surface area contributed by atoms with Crippen molar-refractivity contribution in [1.82, 2.24) is 10.0 Å². The molecule has 0 aliphatic rings.